The number of aliphatic imine (C=N–C) groups is 1. The first kappa shape index (κ1) is 18.7. The van der Waals surface area contributed by atoms with Crippen molar-refractivity contribution in [3.05, 3.63) is 71.0 Å². The molecule has 0 bridgehead atoms. The molecule has 0 radical (unpaired) electrons. The summed E-state index contributed by atoms with van der Waals surface area (Å²) < 4.78 is 11.2. The van der Waals surface area contributed by atoms with Crippen LogP contribution in [0.2, 0.25) is 0 Å². The highest BCUT2D eigenvalue weighted by Crippen LogP contribution is 2.41. The number of benzene rings is 3. The third kappa shape index (κ3) is 3.25. The molecule has 146 valence electrons. The number of esters is 1. The Labute approximate surface area is 168 Å². The summed E-state index contributed by atoms with van der Waals surface area (Å²) in [4.78, 5) is 17.2. The number of aromatic hydroxyl groups is 1. The van der Waals surface area contributed by atoms with E-state index < -0.39 is 5.97 Å². The van der Waals surface area contributed by atoms with E-state index in [1.54, 1.807) is 20.1 Å². The highest BCUT2D eigenvalue weighted by molar-refractivity contribution is 6.21. The summed E-state index contributed by atoms with van der Waals surface area (Å²) in [7, 11) is 0. The fourth-order valence-electron chi connectivity index (χ4n) is 3.49. The van der Waals surface area contributed by atoms with Gasteiger partial charge in [-0.3, -0.25) is 4.99 Å². The molecule has 4 aromatic rings. The average Bonchev–Trinajstić information content (AvgIpc) is 3.06. The highest BCUT2D eigenvalue weighted by Gasteiger charge is 2.25. The van der Waals surface area contributed by atoms with Crippen molar-refractivity contribution in [3.63, 3.8) is 0 Å². The summed E-state index contributed by atoms with van der Waals surface area (Å²) in [5.41, 5.74) is 3.15. The lowest BCUT2D eigenvalue weighted by atomic mass is 9.98. The summed E-state index contributed by atoms with van der Waals surface area (Å²) in [6, 6.07) is 15.1. The van der Waals surface area contributed by atoms with E-state index in [9.17, 15) is 9.90 Å². The maximum absolute atomic E-state index is 12.6. The number of carbonyl (C=O) groups excluding carboxylic acids is 1. The van der Waals surface area contributed by atoms with Crippen molar-refractivity contribution in [2.45, 2.75) is 20.8 Å². The Hall–Kier alpha value is -3.60. The van der Waals surface area contributed by atoms with E-state index in [2.05, 4.69) is 4.99 Å². The smallest absolute Gasteiger partial charge is 0.342 e. The van der Waals surface area contributed by atoms with Gasteiger partial charge in [-0.05, 0) is 32.9 Å². The zero-order chi connectivity index (χ0) is 20.5. The average molecular weight is 387 g/mol. The van der Waals surface area contributed by atoms with E-state index in [-0.39, 0.29) is 12.4 Å². The van der Waals surface area contributed by atoms with Crippen molar-refractivity contribution in [1.82, 2.24) is 0 Å². The van der Waals surface area contributed by atoms with Crippen molar-refractivity contribution in [2.24, 2.45) is 4.99 Å². The Balaban J connectivity index is 2.03. The van der Waals surface area contributed by atoms with Gasteiger partial charge in [0.1, 0.15) is 22.7 Å². The number of carbonyl (C=O) groups is 1. The molecule has 4 rings (SSSR count). The molecule has 0 fully saturated rings. The Kier molecular flexibility index (Phi) is 4.80. The third-order valence-corrected chi connectivity index (χ3v) is 4.89. The highest BCUT2D eigenvalue weighted by atomic mass is 16.5. The maximum atomic E-state index is 12.6. The quantitative estimate of drug-likeness (QED) is 0.353. The van der Waals surface area contributed by atoms with Gasteiger partial charge in [0, 0.05) is 27.9 Å². The fraction of sp³-hybridized carbons (Fsp3) is 0.167. The van der Waals surface area contributed by atoms with Crippen LogP contribution in [0.3, 0.4) is 0 Å². The maximum Gasteiger partial charge on any atom is 0.342 e. The van der Waals surface area contributed by atoms with Crippen molar-refractivity contribution >= 4 is 39.6 Å². The predicted molar refractivity (Wildman–Crippen MR) is 115 cm³/mol. The van der Waals surface area contributed by atoms with E-state index in [4.69, 9.17) is 9.15 Å². The molecule has 0 aliphatic carbocycles. The number of hydrogen-bond acceptors (Lipinski definition) is 5. The number of rotatable bonds is 4. The molecule has 29 heavy (non-hydrogen) atoms. The molecule has 0 saturated carbocycles. The number of fused-ring (bicyclic) bond motifs is 3. The first-order valence-electron chi connectivity index (χ1n) is 9.46. The van der Waals surface area contributed by atoms with Gasteiger partial charge in [0.25, 0.3) is 0 Å². The fourth-order valence-corrected chi connectivity index (χ4v) is 3.49. The van der Waals surface area contributed by atoms with Crippen LogP contribution in [-0.2, 0) is 4.74 Å². The molecular formula is C24H21NO4. The number of ether oxygens (including phenoxy) is 1. The Morgan fingerprint density at radius 2 is 1.79 bits per heavy atom. The number of aryl methyl sites for hydroxylation is 2. The van der Waals surface area contributed by atoms with Crippen LogP contribution in [0.25, 0.3) is 21.7 Å². The third-order valence-electron chi connectivity index (χ3n) is 4.89. The molecule has 1 aromatic heterocycles. The lowest BCUT2D eigenvalue weighted by Crippen LogP contribution is -2.06. The summed E-state index contributed by atoms with van der Waals surface area (Å²) in [5.74, 6) is 0.0120. The molecule has 3 aromatic carbocycles. The van der Waals surface area contributed by atoms with E-state index in [1.807, 2.05) is 55.5 Å². The van der Waals surface area contributed by atoms with Crippen molar-refractivity contribution in [3.8, 4) is 5.75 Å². The second-order valence-corrected chi connectivity index (χ2v) is 6.86. The minimum absolute atomic E-state index is 0.0512. The van der Waals surface area contributed by atoms with Crippen LogP contribution in [0.15, 0.2) is 57.9 Å². The molecule has 0 unspecified atom stereocenters. The zero-order valence-electron chi connectivity index (χ0n) is 16.5. The second kappa shape index (κ2) is 7.43. The van der Waals surface area contributed by atoms with Crippen molar-refractivity contribution < 1.29 is 19.1 Å². The Morgan fingerprint density at radius 1 is 1.10 bits per heavy atom. The minimum Gasteiger partial charge on any atom is -0.507 e. The molecule has 0 aliphatic heterocycles. The number of nitrogens with zero attached hydrogens (tertiary/aromatic N) is 1. The van der Waals surface area contributed by atoms with Gasteiger partial charge in [-0.25, -0.2) is 4.79 Å². The van der Waals surface area contributed by atoms with Crippen LogP contribution in [0.4, 0.5) is 5.69 Å². The topological polar surface area (TPSA) is 72.0 Å². The van der Waals surface area contributed by atoms with Gasteiger partial charge in [0.05, 0.1) is 12.3 Å². The number of phenolic OH excluding ortho intramolecular Hbond substituents is 1. The van der Waals surface area contributed by atoms with Crippen LogP contribution in [0.1, 0.15) is 34.2 Å². The van der Waals surface area contributed by atoms with Gasteiger partial charge in [-0.1, -0.05) is 42.0 Å². The molecular weight excluding hydrogens is 366 g/mol. The summed E-state index contributed by atoms with van der Waals surface area (Å²) in [5, 5.41) is 12.9. The SMILES string of the molecule is CCOC(=O)c1c(C)oc2c1c(C=Nc1ccc(C)cc1)c(O)c1ccccc12. The molecule has 1 N–H and O–H groups in total. The Morgan fingerprint density at radius 3 is 2.48 bits per heavy atom. The van der Waals surface area contributed by atoms with Gasteiger partial charge in [-0.2, -0.15) is 0 Å². The first-order valence-corrected chi connectivity index (χ1v) is 9.46. The van der Waals surface area contributed by atoms with Crippen LogP contribution >= 0.6 is 0 Å². The lowest BCUT2D eigenvalue weighted by Gasteiger charge is -2.08. The van der Waals surface area contributed by atoms with Gasteiger partial charge < -0.3 is 14.3 Å². The lowest BCUT2D eigenvalue weighted by molar-refractivity contribution is 0.0526. The molecule has 0 saturated heterocycles. The predicted octanol–water partition coefficient (Wildman–Crippen LogP) is 5.84. The molecule has 0 aliphatic rings. The normalized spacial score (nSPS) is 11.6. The minimum atomic E-state index is -0.483. The molecule has 0 spiro atoms. The first-order chi connectivity index (χ1) is 14.0. The van der Waals surface area contributed by atoms with Crippen LogP contribution in [0.5, 0.6) is 5.75 Å². The van der Waals surface area contributed by atoms with E-state index in [0.717, 1.165) is 16.6 Å². The van der Waals surface area contributed by atoms with E-state index in [0.29, 0.717) is 33.2 Å². The number of hydrogen-bond donors (Lipinski definition) is 1. The van der Waals surface area contributed by atoms with Crippen LogP contribution < -0.4 is 0 Å². The molecule has 1 heterocycles. The van der Waals surface area contributed by atoms with Crippen LogP contribution in [0, 0.1) is 13.8 Å². The Bertz CT molecular complexity index is 1250. The standard InChI is InChI=1S/C24H21NO4/c1-4-28-24(27)20-15(3)29-23-18-8-6-5-7-17(18)22(26)19(21(20)23)13-25-16-11-9-14(2)10-12-16/h5-13,26H,4H2,1-3H3. The summed E-state index contributed by atoms with van der Waals surface area (Å²) in [6.07, 6.45) is 1.58. The van der Waals surface area contributed by atoms with Gasteiger partial charge in [-0.15, -0.1) is 0 Å². The molecule has 5 heteroatoms. The monoisotopic (exact) mass is 387 g/mol. The summed E-state index contributed by atoms with van der Waals surface area (Å²) in [6.45, 7) is 5.73. The second-order valence-electron chi connectivity index (χ2n) is 6.86. The summed E-state index contributed by atoms with van der Waals surface area (Å²) >= 11 is 0. The largest absolute Gasteiger partial charge is 0.507 e. The van der Waals surface area contributed by atoms with Gasteiger partial charge in [0.15, 0.2) is 0 Å². The molecule has 0 amide bonds. The number of phenols is 1. The zero-order valence-corrected chi connectivity index (χ0v) is 16.5. The van der Waals surface area contributed by atoms with Crippen molar-refractivity contribution in [2.75, 3.05) is 6.61 Å². The molecule has 0 atom stereocenters. The number of furan rings is 1. The van der Waals surface area contributed by atoms with Crippen LogP contribution in [-0.4, -0.2) is 23.9 Å². The van der Waals surface area contributed by atoms with E-state index in [1.165, 1.54) is 0 Å². The van der Waals surface area contributed by atoms with Gasteiger partial charge in [0.2, 0.25) is 0 Å². The van der Waals surface area contributed by atoms with Gasteiger partial charge >= 0.3 is 5.97 Å². The van der Waals surface area contributed by atoms with Crippen molar-refractivity contribution in [1.29, 1.82) is 0 Å². The van der Waals surface area contributed by atoms with E-state index >= 15 is 0 Å². The molecule has 5 nitrogen and oxygen atoms in total.